The summed E-state index contributed by atoms with van der Waals surface area (Å²) in [6.45, 7) is -0.876. The molecule has 14 nitrogen and oxygen atoms in total. The van der Waals surface area contributed by atoms with Crippen LogP contribution < -0.4 is 4.74 Å². The summed E-state index contributed by atoms with van der Waals surface area (Å²) in [4.78, 5) is 55.7. The van der Waals surface area contributed by atoms with E-state index in [1.807, 2.05) is 0 Å². The van der Waals surface area contributed by atoms with Crippen LogP contribution in [0.25, 0.3) is 11.5 Å². The number of phenolic OH excluding ortho intramolecular Hbond substituents is 3. The normalized spacial score (nSPS) is 33.2. The third-order valence-electron chi connectivity index (χ3n) is 10.4. The van der Waals surface area contributed by atoms with Crippen molar-refractivity contribution in [3.8, 4) is 23.0 Å². The molecule has 5 aliphatic carbocycles. The summed E-state index contributed by atoms with van der Waals surface area (Å²) in [5.74, 6) is -10.2. The van der Waals surface area contributed by atoms with Crippen LogP contribution in [0, 0.1) is 5.41 Å². The van der Waals surface area contributed by atoms with Crippen LogP contribution in [0.1, 0.15) is 51.4 Å². The number of carbonyl (C=O) groups excluding carboxylic acids is 4. The Kier molecular flexibility index (Phi) is 5.38. The van der Waals surface area contributed by atoms with E-state index in [0.717, 1.165) is 19.2 Å². The smallest absolute Gasteiger partial charge is 0.358 e. The number of hydrogen-bond acceptors (Lipinski definition) is 14. The first-order valence-corrected chi connectivity index (χ1v) is 14.5. The number of hydrogen-bond donors (Lipinski definition) is 7. The lowest BCUT2D eigenvalue weighted by Crippen LogP contribution is -2.62. The maximum Gasteiger partial charge on any atom is 0.358 e. The summed E-state index contributed by atoms with van der Waals surface area (Å²) >= 11 is 6.72. The zero-order chi connectivity index (χ0) is 33.0. The molecule has 2 aromatic carbocycles. The van der Waals surface area contributed by atoms with Crippen LogP contribution >= 0.6 is 11.6 Å². The van der Waals surface area contributed by atoms with Gasteiger partial charge >= 0.3 is 5.97 Å². The number of methoxy groups -OCH3 is 1. The molecule has 2 bridgehead atoms. The number of fused-ring (bicyclic) bond motifs is 3. The Hall–Kier alpha value is -4.63. The molecule has 0 amide bonds. The standard InChI is InChI=1S/C31H23ClO14/c1-44-28(43)31-12(37)5-4-11(36)17(31)22(39)16-23(40)20(32)8-6-29-19(21(38)14-9(34)2-3-10(35)15(14)26(29)42)24(41)18(13(8)25(16)45-31)30(7-33)27(29)46-30/h2-3,12,18,27,33-35,37-40H,4-7H2,1H3/t12-,18-,27-,29+,30+,31+/m0/s1. The second kappa shape index (κ2) is 8.59. The first-order chi connectivity index (χ1) is 21.8. The molecule has 2 aliphatic heterocycles. The highest BCUT2D eigenvalue weighted by Gasteiger charge is 2.82. The summed E-state index contributed by atoms with van der Waals surface area (Å²) in [6.07, 6.45) is -4.29. The Balaban J connectivity index is 1.50. The summed E-state index contributed by atoms with van der Waals surface area (Å²) in [7, 11) is 0.956. The van der Waals surface area contributed by atoms with Crippen molar-refractivity contribution in [1.29, 1.82) is 0 Å². The highest BCUT2D eigenvalue weighted by atomic mass is 35.5. The van der Waals surface area contributed by atoms with Gasteiger partial charge in [0.2, 0.25) is 0 Å². The third-order valence-corrected chi connectivity index (χ3v) is 10.8. The van der Waals surface area contributed by atoms with E-state index in [9.17, 15) is 54.9 Å². The molecule has 7 aliphatic rings. The number of ether oxygens (including phenoxy) is 3. The van der Waals surface area contributed by atoms with Crippen molar-refractivity contribution < 1.29 is 69.1 Å². The Morgan fingerprint density at radius 1 is 1.02 bits per heavy atom. The molecule has 6 atom stereocenters. The van der Waals surface area contributed by atoms with Gasteiger partial charge in [-0.15, -0.1) is 0 Å². The van der Waals surface area contributed by atoms with E-state index in [1.54, 1.807) is 0 Å². The number of Topliss-reactive ketones (excluding diaryl/α,β-unsaturated/α-hetero) is 3. The Morgan fingerprint density at radius 3 is 2.33 bits per heavy atom. The molecule has 7 N–H and O–H groups in total. The highest BCUT2D eigenvalue weighted by Crippen LogP contribution is 2.72. The second-order valence-corrected chi connectivity index (χ2v) is 12.6. The summed E-state index contributed by atoms with van der Waals surface area (Å²) in [5.41, 5.74) is -9.93. The number of aliphatic hydroxyl groups is 4. The molecule has 0 aromatic heterocycles. The van der Waals surface area contributed by atoms with Crippen molar-refractivity contribution >= 4 is 46.4 Å². The van der Waals surface area contributed by atoms with E-state index in [-0.39, 0.29) is 24.0 Å². The number of epoxide rings is 1. The minimum atomic E-state index is -2.66. The van der Waals surface area contributed by atoms with Gasteiger partial charge in [-0.25, -0.2) is 4.79 Å². The monoisotopic (exact) mass is 654 g/mol. The molecule has 1 spiro atoms. The first-order valence-electron chi connectivity index (χ1n) is 14.1. The van der Waals surface area contributed by atoms with E-state index in [2.05, 4.69) is 0 Å². The predicted molar refractivity (Wildman–Crippen MR) is 151 cm³/mol. The summed E-state index contributed by atoms with van der Waals surface area (Å²) < 4.78 is 17.0. The van der Waals surface area contributed by atoms with E-state index in [0.29, 0.717) is 0 Å². The third kappa shape index (κ3) is 2.82. The van der Waals surface area contributed by atoms with Gasteiger partial charge in [-0.2, -0.15) is 0 Å². The molecular weight excluding hydrogens is 632 g/mol. The van der Waals surface area contributed by atoms with Gasteiger partial charge in [0, 0.05) is 12.0 Å². The van der Waals surface area contributed by atoms with Gasteiger partial charge in [-0.05, 0) is 30.5 Å². The van der Waals surface area contributed by atoms with Gasteiger partial charge in [0.15, 0.2) is 17.3 Å². The van der Waals surface area contributed by atoms with Gasteiger partial charge in [-0.3, -0.25) is 14.4 Å². The van der Waals surface area contributed by atoms with Crippen LogP contribution in [0.15, 0.2) is 23.3 Å². The predicted octanol–water partition coefficient (Wildman–Crippen LogP) is 1.26. The fraction of sp³-hybridized carbons (Fsp3) is 0.355. The number of benzene rings is 2. The molecule has 3 fully saturated rings. The molecule has 0 unspecified atom stereocenters. The molecule has 15 heteroatoms. The molecule has 2 heterocycles. The average Bonchev–Trinajstić information content (AvgIpc) is 3.80. The molecule has 238 valence electrons. The number of phenols is 3. The lowest BCUT2D eigenvalue weighted by Gasteiger charge is -2.44. The summed E-state index contributed by atoms with van der Waals surface area (Å²) in [5, 5.41) is 77.3. The van der Waals surface area contributed by atoms with Crippen molar-refractivity contribution in [1.82, 2.24) is 0 Å². The number of halogens is 1. The zero-order valence-corrected chi connectivity index (χ0v) is 24.3. The van der Waals surface area contributed by atoms with Crippen LogP contribution in [0.5, 0.6) is 23.0 Å². The van der Waals surface area contributed by atoms with Crippen molar-refractivity contribution in [2.24, 2.45) is 5.41 Å². The fourth-order valence-electron chi connectivity index (χ4n) is 8.39. The van der Waals surface area contributed by atoms with Crippen molar-refractivity contribution in [3.63, 3.8) is 0 Å². The molecule has 46 heavy (non-hydrogen) atoms. The molecule has 9 rings (SSSR count). The number of ketones is 3. The van der Waals surface area contributed by atoms with E-state index in [1.165, 1.54) is 0 Å². The van der Waals surface area contributed by atoms with Crippen LogP contribution in [0.4, 0.5) is 0 Å². The number of esters is 1. The lowest BCUT2D eigenvalue weighted by atomic mass is 9.56. The van der Waals surface area contributed by atoms with Crippen LogP contribution in [-0.2, 0) is 30.3 Å². The average molecular weight is 655 g/mol. The SMILES string of the molecule is COC(=O)[C@]12Oc3c(c(O)c(Cl)c4c3[C@H]3C(=O)C5=C(O)c6c(O)ccc(O)c6C(=O)[C@]5(C4)[C@@H]4O[C@]34CO)C(O)=C1C(=O)CC[C@@H]2O. The van der Waals surface area contributed by atoms with Crippen molar-refractivity contribution in [2.75, 3.05) is 13.7 Å². The van der Waals surface area contributed by atoms with Gasteiger partial charge in [0.25, 0.3) is 5.60 Å². The molecule has 0 radical (unpaired) electrons. The molecular formula is C31H23ClO14. The quantitative estimate of drug-likeness (QED) is 0.137. The number of aliphatic hydroxyl groups excluding tert-OH is 4. The van der Waals surface area contributed by atoms with Gasteiger partial charge in [-0.1, -0.05) is 11.6 Å². The molecule has 2 aromatic rings. The van der Waals surface area contributed by atoms with Crippen LogP contribution in [0.2, 0.25) is 5.02 Å². The number of aromatic hydroxyl groups is 3. The lowest BCUT2D eigenvalue weighted by molar-refractivity contribution is -0.169. The number of carbonyl (C=O) groups is 4. The Morgan fingerprint density at radius 2 is 1.67 bits per heavy atom. The first kappa shape index (κ1) is 28.8. The maximum atomic E-state index is 14.7. The van der Waals surface area contributed by atoms with Crippen LogP contribution in [0.3, 0.4) is 0 Å². The molecule has 1 saturated heterocycles. The second-order valence-electron chi connectivity index (χ2n) is 12.3. The highest BCUT2D eigenvalue weighted by molar-refractivity contribution is 6.34. The van der Waals surface area contributed by atoms with E-state index >= 15 is 0 Å². The van der Waals surface area contributed by atoms with Gasteiger partial charge < -0.3 is 50.0 Å². The van der Waals surface area contributed by atoms with Crippen LogP contribution in [-0.4, -0.2) is 96.2 Å². The largest absolute Gasteiger partial charge is 0.507 e. The molecule has 2 saturated carbocycles. The minimum Gasteiger partial charge on any atom is -0.507 e. The number of rotatable bonds is 2. The van der Waals surface area contributed by atoms with E-state index in [4.69, 9.17) is 25.8 Å². The topological polar surface area (TPSA) is 241 Å². The van der Waals surface area contributed by atoms with Gasteiger partial charge in [0.05, 0.1) is 52.3 Å². The van der Waals surface area contributed by atoms with Crippen molar-refractivity contribution in [3.05, 3.63) is 56.1 Å². The van der Waals surface area contributed by atoms with Crippen molar-refractivity contribution in [2.45, 2.75) is 48.6 Å². The fourth-order valence-corrected chi connectivity index (χ4v) is 8.66. The minimum absolute atomic E-state index is 0.132. The summed E-state index contributed by atoms with van der Waals surface area (Å²) in [6, 6.07) is 2.04. The van der Waals surface area contributed by atoms with E-state index < -0.39 is 138 Å². The van der Waals surface area contributed by atoms with Gasteiger partial charge in [0.1, 0.15) is 57.9 Å². The Bertz CT molecular complexity index is 1990. The maximum absolute atomic E-state index is 14.7. The zero-order valence-electron chi connectivity index (χ0n) is 23.6. The Labute approximate surface area is 262 Å².